The number of benzene rings is 1. The summed E-state index contributed by atoms with van der Waals surface area (Å²) in [5.41, 5.74) is 6.45. The molecule has 37 heavy (non-hydrogen) atoms. The van der Waals surface area contributed by atoms with Gasteiger partial charge in [-0.3, -0.25) is 4.79 Å². The second-order valence-electron chi connectivity index (χ2n) is 10.2. The first-order valence-electron chi connectivity index (χ1n) is 11.9. The van der Waals surface area contributed by atoms with E-state index in [-0.39, 0.29) is 36.0 Å². The summed E-state index contributed by atoms with van der Waals surface area (Å²) in [6.07, 6.45) is -3.48. The fourth-order valence-electron chi connectivity index (χ4n) is 4.99. The van der Waals surface area contributed by atoms with Crippen molar-refractivity contribution in [2.45, 2.75) is 51.6 Å². The molecular formula is C24H30F3N5O4S. The molecule has 2 aromatic rings. The zero-order valence-corrected chi connectivity index (χ0v) is 21.6. The van der Waals surface area contributed by atoms with Crippen molar-refractivity contribution < 1.29 is 31.1 Å². The zero-order chi connectivity index (χ0) is 27.2. The Balaban J connectivity index is 1.69. The van der Waals surface area contributed by atoms with Crippen LogP contribution in [0.5, 0.6) is 5.75 Å². The zero-order valence-electron chi connectivity index (χ0n) is 20.7. The molecule has 0 unspecified atom stereocenters. The van der Waals surface area contributed by atoms with Crippen LogP contribution in [0.1, 0.15) is 44.0 Å². The van der Waals surface area contributed by atoms with Gasteiger partial charge in [0, 0.05) is 36.8 Å². The molecule has 202 valence electrons. The third-order valence-electron chi connectivity index (χ3n) is 6.58. The highest BCUT2D eigenvalue weighted by Crippen LogP contribution is 2.38. The Labute approximate surface area is 214 Å². The van der Waals surface area contributed by atoms with Crippen LogP contribution in [0, 0.1) is 5.92 Å². The molecule has 0 aliphatic carbocycles. The smallest absolute Gasteiger partial charge is 0.406 e. The van der Waals surface area contributed by atoms with Crippen molar-refractivity contribution in [1.29, 1.82) is 0 Å². The van der Waals surface area contributed by atoms with E-state index in [2.05, 4.69) is 16.4 Å². The van der Waals surface area contributed by atoms with Crippen molar-refractivity contribution in [2.75, 3.05) is 24.5 Å². The third kappa shape index (κ3) is 6.16. The molecule has 0 saturated carbocycles. The second-order valence-corrected chi connectivity index (χ2v) is 11.9. The average Bonchev–Trinajstić information content (AvgIpc) is 3.34. The number of nitrogens with one attached hydrogen (secondary N) is 1. The molecule has 1 amide bonds. The van der Waals surface area contributed by atoms with Crippen molar-refractivity contribution in [3.8, 4) is 17.0 Å². The predicted octanol–water partition coefficient (Wildman–Crippen LogP) is 3.28. The summed E-state index contributed by atoms with van der Waals surface area (Å²) in [7, 11) is -4.10. The van der Waals surface area contributed by atoms with E-state index in [1.54, 1.807) is 0 Å². The molecule has 1 aromatic carbocycles. The fraction of sp³-hybridized carbons (Fsp3) is 0.500. The number of ether oxygens (including phenoxy) is 1. The van der Waals surface area contributed by atoms with E-state index in [1.807, 2.05) is 18.7 Å². The highest BCUT2D eigenvalue weighted by Gasteiger charge is 2.40. The first-order valence-corrected chi connectivity index (χ1v) is 13.3. The second kappa shape index (κ2) is 9.76. The highest BCUT2D eigenvalue weighted by molar-refractivity contribution is 7.87. The highest BCUT2D eigenvalue weighted by atomic mass is 32.2. The number of hydrogen-bond acceptors (Lipinski definition) is 7. The molecule has 0 radical (unpaired) electrons. The average molecular weight is 542 g/mol. The van der Waals surface area contributed by atoms with E-state index in [0.29, 0.717) is 36.0 Å². The number of carbonyl (C=O) groups excluding carboxylic acids is 1. The van der Waals surface area contributed by atoms with Crippen LogP contribution in [0.4, 0.5) is 19.0 Å². The Morgan fingerprint density at radius 1 is 1.16 bits per heavy atom. The number of nitrogens with zero attached hydrogens (tertiary/aromatic N) is 3. The van der Waals surface area contributed by atoms with Gasteiger partial charge in [0.2, 0.25) is 0 Å². The van der Waals surface area contributed by atoms with Crippen LogP contribution in [-0.2, 0) is 10.2 Å². The first-order chi connectivity index (χ1) is 17.1. The van der Waals surface area contributed by atoms with Gasteiger partial charge in [-0.05, 0) is 69.0 Å². The number of aromatic nitrogens is 1. The maximum Gasteiger partial charge on any atom is 0.573 e. The van der Waals surface area contributed by atoms with E-state index in [4.69, 9.17) is 10.7 Å². The molecule has 2 aliphatic rings. The Morgan fingerprint density at radius 3 is 2.38 bits per heavy atom. The number of carbonyl (C=O) groups is 1. The lowest BCUT2D eigenvalue weighted by atomic mass is 9.97. The van der Waals surface area contributed by atoms with E-state index >= 15 is 0 Å². The molecule has 2 atom stereocenters. The van der Waals surface area contributed by atoms with E-state index < -0.39 is 22.5 Å². The van der Waals surface area contributed by atoms with Crippen LogP contribution in [0.3, 0.4) is 0 Å². The van der Waals surface area contributed by atoms with Crippen molar-refractivity contribution in [1.82, 2.24) is 14.0 Å². The van der Waals surface area contributed by atoms with Crippen molar-refractivity contribution in [3.05, 3.63) is 42.0 Å². The van der Waals surface area contributed by atoms with Gasteiger partial charge in [0.05, 0.1) is 11.3 Å². The number of alkyl halides is 3. The first kappa shape index (κ1) is 27.1. The van der Waals surface area contributed by atoms with Gasteiger partial charge in [0.15, 0.2) is 0 Å². The van der Waals surface area contributed by atoms with Gasteiger partial charge < -0.3 is 15.4 Å². The Hall–Kier alpha value is -2.90. The SMILES string of the molecule is C[C@@H]1CN(c2nc(-c3ccc(OC(F)(F)F)cc3)ccc2C(=O)NS(=O)(=O)N2CC[C@@H](N)C2)C(C)(C)C1. The minimum absolute atomic E-state index is 0.0787. The summed E-state index contributed by atoms with van der Waals surface area (Å²) >= 11 is 0. The molecule has 3 N–H and O–H groups in total. The number of pyridine rings is 1. The van der Waals surface area contributed by atoms with Crippen LogP contribution in [0.2, 0.25) is 0 Å². The number of amides is 1. The van der Waals surface area contributed by atoms with Crippen LogP contribution in [0.15, 0.2) is 36.4 Å². The maximum atomic E-state index is 13.3. The van der Waals surface area contributed by atoms with Crippen molar-refractivity contribution in [2.24, 2.45) is 11.7 Å². The molecule has 3 heterocycles. The Morgan fingerprint density at radius 2 is 1.84 bits per heavy atom. The minimum atomic E-state index is -4.81. The molecule has 13 heteroatoms. The molecule has 2 saturated heterocycles. The fourth-order valence-corrected chi connectivity index (χ4v) is 6.19. The standard InChI is InChI=1S/C24H30F3N5O4S/c1-15-12-23(2,3)32(13-15)21-19(22(33)30-37(34,35)31-11-10-17(28)14-31)8-9-20(29-21)16-4-6-18(7-5-16)36-24(25,26)27/h4-9,15,17H,10-14,28H2,1-3H3,(H,30,33)/t15-,17+/m0/s1. The Kier molecular flexibility index (Phi) is 7.16. The number of rotatable bonds is 6. The van der Waals surface area contributed by atoms with Crippen molar-refractivity contribution >= 4 is 21.9 Å². The van der Waals surface area contributed by atoms with Gasteiger partial charge in [-0.1, -0.05) is 6.92 Å². The molecule has 0 spiro atoms. The van der Waals surface area contributed by atoms with Gasteiger partial charge in [-0.15, -0.1) is 13.2 Å². The van der Waals surface area contributed by atoms with Gasteiger partial charge in [-0.25, -0.2) is 9.71 Å². The number of nitrogens with two attached hydrogens (primary N) is 1. The lowest BCUT2D eigenvalue weighted by molar-refractivity contribution is -0.274. The quantitative estimate of drug-likeness (QED) is 0.576. The summed E-state index contributed by atoms with van der Waals surface area (Å²) in [4.78, 5) is 19.9. The predicted molar refractivity (Wildman–Crippen MR) is 132 cm³/mol. The molecule has 2 fully saturated rings. The van der Waals surface area contributed by atoms with E-state index in [9.17, 15) is 26.4 Å². The van der Waals surface area contributed by atoms with Crippen molar-refractivity contribution in [3.63, 3.8) is 0 Å². The normalized spacial score (nSPS) is 22.3. The Bertz CT molecular complexity index is 1270. The topological polar surface area (TPSA) is 118 Å². The van der Waals surface area contributed by atoms with Gasteiger partial charge in [-0.2, -0.15) is 12.7 Å². The summed E-state index contributed by atoms with van der Waals surface area (Å²) in [6, 6.07) is 7.96. The van der Waals surface area contributed by atoms with Crippen LogP contribution < -0.4 is 20.1 Å². The van der Waals surface area contributed by atoms with Crippen LogP contribution in [-0.4, -0.2) is 61.2 Å². The molecular weight excluding hydrogens is 511 g/mol. The number of halogens is 3. The maximum absolute atomic E-state index is 13.3. The lowest BCUT2D eigenvalue weighted by Crippen LogP contribution is -2.44. The summed E-state index contributed by atoms with van der Waals surface area (Å²) < 4.78 is 70.4. The largest absolute Gasteiger partial charge is 0.573 e. The molecule has 0 bridgehead atoms. The van der Waals surface area contributed by atoms with E-state index in [0.717, 1.165) is 10.7 Å². The monoisotopic (exact) mass is 541 g/mol. The number of anilines is 1. The minimum Gasteiger partial charge on any atom is -0.406 e. The van der Waals surface area contributed by atoms with Gasteiger partial charge in [0.25, 0.3) is 5.91 Å². The number of hydrogen-bond donors (Lipinski definition) is 2. The molecule has 1 aromatic heterocycles. The van der Waals surface area contributed by atoms with Crippen LogP contribution in [0.25, 0.3) is 11.3 Å². The van der Waals surface area contributed by atoms with Crippen LogP contribution >= 0.6 is 0 Å². The molecule has 4 rings (SSSR count). The molecule has 2 aliphatic heterocycles. The van der Waals surface area contributed by atoms with Gasteiger partial charge in [0.1, 0.15) is 11.6 Å². The summed E-state index contributed by atoms with van der Waals surface area (Å²) in [5, 5.41) is 0. The van der Waals surface area contributed by atoms with E-state index in [1.165, 1.54) is 36.4 Å². The van der Waals surface area contributed by atoms with Gasteiger partial charge >= 0.3 is 16.6 Å². The summed E-state index contributed by atoms with van der Waals surface area (Å²) in [6.45, 7) is 7.04. The third-order valence-corrected chi connectivity index (χ3v) is 8.04. The lowest BCUT2D eigenvalue weighted by Gasteiger charge is -2.34. The molecule has 9 nitrogen and oxygen atoms in total. The summed E-state index contributed by atoms with van der Waals surface area (Å²) in [5.74, 6) is -0.592.